The van der Waals surface area contributed by atoms with Gasteiger partial charge in [0.05, 0.1) is 24.7 Å². The molecule has 1 aliphatic heterocycles. The van der Waals surface area contributed by atoms with Crippen LogP contribution in [0.15, 0.2) is 42.5 Å². The van der Waals surface area contributed by atoms with E-state index in [2.05, 4.69) is 0 Å². The van der Waals surface area contributed by atoms with E-state index in [0.717, 1.165) is 16.2 Å². The van der Waals surface area contributed by atoms with Crippen LogP contribution in [-0.4, -0.2) is 49.6 Å². The van der Waals surface area contributed by atoms with Gasteiger partial charge in [-0.2, -0.15) is 0 Å². The van der Waals surface area contributed by atoms with Crippen LogP contribution in [0.2, 0.25) is 0 Å². The van der Waals surface area contributed by atoms with Crippen LogP contribution in [0.1, 0.15) is 32.7 Å². The van der Waals surface area contributed by atoms with Gasteiger partial charge in [-0.15, -0.1) is 0 Å². The smallest absolute Gasteiger partial charge is 0.307 e. The van der Waals surface area contributed by atoms with Crippen LogP contribution in [0, 0.1) is 6.92 Å². The number of benzene rings is 2. The Labute approximate surface area is 162 Å². The first-order chi connectivity index (χ1) is 13.5. The van der Waals surface area contributed by atoms with Crippen molar-refractivity contribution in [2.75, 3.05) is 26.9 Å². The maximum atomic E-state index is 12.4. The zero-order valence-electron chi connectivity index (χ0n) is 15.8. The van der Waals surface area contributed by atoms with Crippen molar-refractivity contribution in [3.8, 4) is 11.5 Å². The molecule has 0 spiro atoms. The molecule has 0 saturated heterocycles. The van der Waals surface area contributed by atoms with Gasteiger partial charge in [-0.25, -0.2) is 0 Å². The van der Waals surface area contributed by atoms with Crippen LogP contribution in [0.3, 0.4) is 0 Å². The van der Waals surface area contributed by atoms with Crippen molar-refractivity contribution in [3.63, 3.8) is 0 Å². The minimum absolute atomic E-state index is 0.0104. The number of carbonyl (C=O) groups excluding carboxylic acids is 3. The van der Waals surface area contributed by atoms with E-state index in [0.29, 0.717) is 16.9 Å². The zero-order valence-corrected chi connectivity index (χ0v) is 15.8. The molecule has 7 nitrogen and oxygen atoms in total. The van der Waals surface area contributed by atoms with E-state index in [1.165, 1.54) is 0 Å². The Hall–Kier alpha value is -3.35. The number of hydrogen-bond donors (Lipinski definition) is 0. The molecule has 0 bridgehead atoms. The van der Waals surface area contributed by atoms with Gasteiger partial charge in [-0.1, -0.05) is 11.6 Å². The molecule has 7 heteroatoms. The van der Waals surface area contributed by atoms with Gasteiger partial charge in [0.25, 0.3) is 11.8 Å². The molecular weight excluding hydrogens is 362 g/mol. The van der Waals surface area contributed by atoms with E-state index in [9.17, 15) is 14.4 Å². The highest BCUT2D eigenvalue weighted by Gasteiger charge is 2.35. The van der Waals surface area contributed by atoms with Crippen LogP contribution in [0.25, 0.3) is 0 Å². The summed E-state index contributed by atoms with van der Waals surface area (Å²) in [5.41, 5.74) is 1.65. The van der Waals surface area contributed by atoms with Crippen LogP contribution < -0.4 is 9.47 Å². The molecule has 0 atom stereocenters. The lowest BCUT2D eigenvalue weighted by atomic mass is 10.1. The maximum Gasteiger partial charge on any atom is 0.307 e. The molecule has 1 heterocycles. The Kier molecular flexibility index (Phi) is 5.93. The number of nitrogens with zero attached hydrogens (tertiary/aromatic N) is 1. The molecule has 1 aliphatic rings. The molecule has 0 aliphatic carbocycles. The lowest BCUT2D eigenvalue weighted by molar-refractivity contribution is -0.144. The first kappa shape index (κ1) is 19.4. The number of ether oxygens (including phenoxy) is 3. The van der Waals surface area contributed by atoms with Crippen molar-refractivity contribution in [3.05, 3.63) is 59.2 Å². The van der Waals surface area contributed by atoms with Gasteiger partial charge in [0, 0.05) is 6.54 Å². The fourth-order valence-electron chi connectivity index (χ4n) is 2.87. The summed E-state index contributed by atoms with van der Waals surface area (Å²) in [7, 11) is 1.58. The summed E-state index contributed by atoms with van der Waals surface area (Å²) in [5.74, 6) is 0.112. The van der Waals surface area contributed by atoms with Crippen molar-refractivity contribution in [2.24, 2.45) is 0 Å². The van der Waals surface area contributed by atoms with Crippen LogP contribution in [-0.2, 0) is 9.53 Å². The Morgan fingerprint density at radius 1 is 0.929 bits per heavy atom. The molecule has 28 heavy (non-hydrogen) atoms. The number of rotatable bonds is 8. The standard InChI is InChI=1S/C21H21NO6/c1-14-3-8-17-18(13-14)21(25)22(20(17)24)10-9-19(23)28-12-11-27-16-6-4-15(26-2)5-7-16/h3-8,13H,9-12H2,1-2H3. The van der Waals surface area contributed by atoms with Gasteiger partial charge in [0.15, 0.2) is 0 Å². The third kappa shape index (κ3) is 4.31. The predicted octanol–water partition coefficient (Wildman–Crippen LogP) is 2.61. The third-order valence-electron chi connectivity index (χ3n) is 4.34. The van der Waals surface area contributed by atoms with Gasteiger partial charge >= 0.3 is 5.97 Å². The molecule has 2 aromatic rings. The van der Waals surface area contributed by atoms with E-state index in [1.807, 2.05) is 6.92 Å². The van der Waals surface area contributed by atoms with E-state index >= 15 is 0 Å². The minimum Gasteiger partial charge on any atom is -0.497 e. The second-order valence-corrected chi connectivity index (χ2v) is 6.31. The highest BCUT2D eigenvalue weighted by molar-refractivity contribution is 6.21. The molecule has 0 radical (unpaired) electrons. The van der Waals surface area contributed by atoms with Crippen molar-refractivity contribution >= 4 is 17.8 Å². The molecule has 2 amide bonds. The normalized spacial score (nSPS) is 12.7. The van der Waals surface area contributed by atoms with E-state index < -0.39 is 5.97 Å². The Bertz CT molecular complexity index is 890. The second kappa shape index (κ2) is 8.56. The molecule has 0 unspecified atom stereocenters. The number of esters is 1. The topological polar surface area (TPSA) is 82.1 Å². The van der Waals surface area contributed by atoms with Gasteiger partial charge in [-0.05, 0) is 43.3 Å². The monoisotopic (exact) mass is 383 g/mol. The predicted molar refractivity (Wildman–Crippen MR) is 101 cm³/mol. The molecule has 146 valence electrons. The number of aryl methyl sites for hydroxylation is 1. The first-order valence-corrected chi connectivity index (χ1v) is 8.89. The van der Waals surface area contributed by atoms with Crippen molar-refractivity contribution in [1.29, 1.82) is 0 Å². The first-order valence-electron chi connectivity index (χ1n) is 8.89. The van der Waals surface area contributed by atoms with Gasteiger partial charge < -0.3 is 14.2 Å². The van der Waals surface area contributed by atoms with E-state index in [-0.39, 0.29) is 38.0 Å². The summed E-state index contributed by atoms with van der Waals surface area (Å²) in [4.78, 5) is 37.7. The SMILES string of the molecule is COc1ccc(OCCOC(=O)CCN2C(=O)c3ccc(C)cc3C2=O)cc1. The number of amides is 2. The number of carbonyl (C=O) groups is 3. The van der Waals surface area contributed by atoms with Crippen molar-refractivity contribution < 1.29 is 28.6 Å². The van der Waals surface area contributed by atoms with Crippen molar-refractivity contribution in [1.82, 2.24) is 4.90 Å². The summed E-state index contributed by atoms with van der Waals surface area (Å²) < 4.78 is 15.6. The quantitative estimate of drug-likeness (QED) is 0.396. The molecule has 2 aromatic carbocycles. The number of methoxy groups -OCH3 is 1. The fourth-order valence-corrected chi connectivity index (χ4v) is 2.87. The van der Waals surface area contributed by atoms with E-state index in [1.54, 1.807) is 49.6 Å². The summed E-state index contributed by atoms with van der Waals surface area (Å²) in [5, 5.41) is 0. The van der Waals surface area contributed by atoms with Crippen molar-refractivity contribution in [2.45, 2.75) is 13.3 Å². The third-order valence-corrected chi connectivity index (χ3v) is 4.34. The van der Waals surface area contributed by atoms with Gasteiger partial charge in [0.2, 0.25) is 0 Å². The average molecular weight is 383 g/mol. The van der Waals surface area contributed by atoms with Crippen LogP contribution in [0.4, 0.5) is 0 Å². The highest BCUT2D eigenvalue weighted by Crippen LogP contribution is 2.24. The second-order valence-electron chi connectivity index (χ2n) is 6.31. The lowest BCUT2D eigenvalue weighted by Crippen LogP contribution is -2.32. The number of fused-ring (bicyclic) bond motifs is 1. The molecular formula is C21H21NO6. The van der Waals surface area contributed by atoms with Crippen LogP contribution in [0.5, 0.6) is 11.5 Å². The highest BCUT2D eigenvalue weighted by atomic mass is 16.6. The van der Waals surface area contributed by atoms with Gasteiger partial charge in [-0.3, -0.25) is 19.3 Å². The van der Waals surface area contributed by atoms with Gasteiger partial charge in [0.1, 0.15) is 24.7 Å². The molecule has 0 saturated carbocycles. The Morgan fingerprint density at radius 3 is 2.32 bits per heavy atom. The fraction of sp³-hybridized carbons (Fsp3) is 0.286. The maximum absolute atomic E-state index is 12.4. The summed E-state index contributed by atoms with van der Waals surface area (Å²) in [6, 6.07) is 12.2. The molecule has 3 rings (SSSR count). The molecule has 0 N–H and O–H groups in total. The van der Waals surface area contributed by atoms with E-state index in [4.69, 9.17) is 14.2 Å². The zero-order chi connectivity index (χ0) is 20.1. The number of imide groups is 1. The summed E-state index contributed by atoms with van der Waals surface area (Å²) in [6.45, 7) is 2.12. The molecule has 0 aromatic heterocycles. The average Bonchev–Trinajstić information content (AvgIpc) is 2.93. The summed E-state index contributed by atoms with van der Waals surface area (Å²) >= 11 is 0. The van der Waals surface area contributed by atoms with Crippen LogP contribution >= 0.6 is 0 Å². The Balaban J connectivity index is 1.41. The molecule has 0 fully saturated rings. The minimum atomic E-state index is -0.494. The Morgan fingerprint density at radius 2 is 1.61 bits per heavy atom. The largest absolute Gasteiger partial charge is 0.497 e. The summed E-state index contributed by atoms with van der Waals surface area (Å²) in [6.07, 6.45) is -0.0625. The lowest BCUT2D eigenvalue weighted by Gasteiger charge is -2.13. The number of hydrogen-bond acceptors (Lipinski definition) is 6.